The third kappa shape index (κ3) is 4.35. The van der Waals surface area contributed by atoms with Gasteiger partial charge >= 0.3 is 5.97 Å². The normalized spacial score (nSPS) is 10.5. The van der Waals surface area contributed by atoms with Crippen molar-refractivity contribution in [3.63, 3.8) is 0 Å². The molecule has 0 amide bonds. The lowest BCUT2D eigenvalue weighted by molar-refractivity contribution is -0.144. The van der Waals surface area contributed by atoms with Crippen molar-refractivity contribution >= 4 is 5.97 Å². The summed E-state index contributed by atoms with van der Waals surface area (Å²) in [5.41, 5.74) is 4.90. The Labute approximate surface area is 131 Å². The number of benzene rings is 2. The Hall–Kier alpha value is -2.29. The van der Waals surface area contributed by atoms with E-state index < -0.39 is 0 Å². The number of rotatable bonds is 5. The highest BCUT2D eigenvalue weighted by Crippen LogP contribution is 2.23. The highest BCUT2D eigenvalue weighted by molar-refractivity contribution is 5.69. The largest absolute Gasteiger partial charge is 0.507 e. The molecule has 0 saturated carbocycles. The minimum absolute atomic E-state index is 0.205. The lowest BCUT2D eigenvalue weighted by Crippen LogP contribution is -2.06. The Morgan fingerprint density at radius 1 is 1.00 bits per heavy atom. The van der Waals surface area contributed by atoms with Crippen LogP contribution >= 0.6 is 0 Å². The number of aryl methyl sites for hydroxylation is 4. The van der Waals surface area contributed by atoms with Gasteiger partial charge in [0.1, 0.15) is 12.4 Å². The molecule has 0 saturated heterocycles. The molecule has 0 aliphatic rings. The lowest BCUT2D eigenvalue weighted by atomic mass is 10.0. The number of phenols is 1. The highest BCUT2D eigenvalue weighted by atomic mass is 16.5. The molecule has 0 unspecified atom stereocenters. The number of carbonyl (C=O) groups is 1. The average Bonchev–Trinajstić information content (AvgIpc) is 2.50. The molecule has 116 valence electrons. The van der Waals surface area contributed by atoms with E-state index >= 15 is 0 Å². The van der Waals surface area contributed by atoms with Crippen LogP contribution in [-0.4, -0.2) is 11.1 Å². The first-order chi connectivity index (χ1) is 10.5. The summed E-state index contributed by atoms with van der Waals surface area (Å²) in [6.07, 6.45) is 0.963. The summed E-state index contributed by atoms with van der Waals surface area (Å²) in [6, 6.07) is 11.8. The van der Waals surface area contributed by atoms with Crippen LogP contribution in [-0.2, 0) is 22.6 Å². The van der Waals surface area contributed by atoms with Crippen molar-refractivity contribution in [3.8, 4) is 5.75 Å². The standard InChI is InChI=1S/C19H22O3/c1-13-4-6-16(7-5-13)12-22-18(20)9-8-17-10-14(2)19(21)15(3)11-17/h4-7,10-11,21H,8-9,12H2,1-3H3. The second-order valence-electron chi connectivity index (χ2n) is 5.72. The van der Waals surface area contributed by atoms with Crippen LogP contribution in [0.5, 0.6) is 5.75 Å². The molecular weight excluding hydrogens is 276 g/mol. The molecule has 0 bridgehead atoms. The van der Waals surface area contributed by atoms with Crippen molar-refractivity contribution in [2.24, 2.45) is 0 Å². The maximum absolute atomic E-state index is 11.8. The molecule has 1 N–H and O–H groups in total. The summed E-state index contributed by atoms with van der Waals surface area (Å²) < 4.78 is 5.29. The predicted molar refractivity (Wildman–Crippen MR) is 86.9 cm³/mol. The molecule has 0 aliphatic carbocycles. The van der Waals surface area contributed by atoms with Gasteiger partial charge in [0, 0.05) is 6.42 Å². The van der Waals surface area contributed by atoms with E-state index in [0.29, 0.717) is 25.2 Å². The van der Waals surface area contributed by atoms with Crippen molar-refractivity contribution in [1.29, 1.82) is 0 Å². The minimum Gasteiger partial charge on any atom is -0.507 e. The molecule has 3 nitrogen and oxygen atoms in total. The summed E-state index contributed by atoms with van der Waals surface area (Å²) in [5.74, 6) is 0.120. The zero-order chi connectivity index (χ0) is 16.1. The van der Waals surface area contributed by atoms with Crippen molar-refractivity contribution in [1.82, 2.24) is 0 Å². The van der Waals surface area contributed by atoms with Crippen LogP contribution in [0.2, 0.25) is 0 Å². The molecule has 0 spiro atoms. The van der Waals surface area contributed by atoms with Crippen LogP contribution < -0.4 is 0 Å². The van der Waals surface area contributed by atoms with Crippen LogP contribution in [0.3, 0.4) is 0 Å². The van der Waals surface area contributed by atoms with Gasteiger partial charge in [-0.15, -0.1) is 0 Å². The van der Waals surface area contributed by atoms with Gasteiger partial charge in [0.25, 0.3) is 0 Å². The van der Waals surface area contributed by atoms with Crippen LogP contribution in [0.25, 0.3) is 0 Å². The fourth-order valence-corrected chi connectivity index (χ4v) is 2.36. The maximum atomic E-state index is 11.8. The average molecular weight is 298 g/mol. The summed E-state index contributed by atoms with van der Waals surface area (Å²) >= 11 is 0. The molecule has 0 aromatic heterocycles. The lowest BCUT2D eigenvalue weighted by Gasteiger charge is -2.08. The Morgan fingerprint density at radius 2 is 1.59 bits per heavy atom. The number of phenolic OH excluding ortho intramolecular Hbond substituents is 1. The number of hydrogen-bond acceptors (Lipinski definition) is 3. The first-order valence-electron chi connectivity index (χ1n) is 7.46. The van der Waals surface area contributed by atoms with Gasteiger partial charge in [0.05, 0.1) is 0 Å². The molecule has 0 radical (unpaired) electrons. The smallest absolute Gasteiger partial charge is 0.306 e. The number of esters is 1. The number of carbonyl (C=O) groups excluding carboxylic acids is 1. The van der Waals surface area contributed by atoms with Gasteiger partial charge in [-0.3, -0.25) is 4.79 Å². The summed E-state index contributed by atoms with van der Waals surface area (Å²) in [4.78, 5) is 11.8. The quantitative estimate of drug-likeness (QED) is 0.849. The topological polar surface area (TPSA) is 46.5 Å². The first-order valence-corrected chi connectivity index (χ1v) is 7.46. The van der Waals surface area contributed by atoms with Gasteiger partial charge in [-0.1, -0.05) is 42.0 Å². The van der Waals surface area contributed by atoms with Gasteiger partial charge in [-0.05, 0) is 49.4 Å². The van der Waals surface area contributed by atoms with Crippen molar-refractivity contribution in [3.05, 3.63) is 64.2 Å². The van der Waals surface area contributed by atoms with E-state index in [2.05, 4.69) is 0 Å². The van der Waals surface area contributed by atoms with Crippen LogP contribution in [0.15, 0.2) is 36.4 Å². The number of aromatic hydroxyl groups is 1. The van der Waals surface area contributed by atoms with Crippen molar-refractivity contribution in [2.45, 2.75) is 40.2 Å². The van der Waals surface area contributed by atoms with Crippen LogP contribution in [0.4, 0.5) is 0 Å². The maximum Gasteiger partial charge on any atom is 0.306 e. The number of ether oxygens (including phenoxy) is 1. The third-order valence-electron chi connectivity index (χ3n) is 3.69. The SMILES string of the molecule is Cc1ccc(COC(=O)CCc2cc(C)c(O)c(C)c2)cc1. The van der Waals surface area contributed by atoms with E-state index in [1.54, 1.807) is 0 Å². The van der Waals surface area contributed by atoms with Gasteiger partial charge in [0.15, 0.2) is 0 Å². The predicted octanol–water partition coefficient (Wildman–Crippen LogP) is 3.99. The highest BCUT2D eigenvalue weighted by Gasteiger charge is 2.07. The fourth-order valence-electron chi connectivity index (χ4n) is 2.36. The van der Waals surface area contributed by atoms with Crippen LogP contribution in [0, 0.1) is 20.8 Å². The molecule has 3 heteroatoms. The van der Waals surface area contributed by atoms with E-state index in [1.165, 1.54) is 5.56 Å². The molecule has 2 rings (SSSR count). The molecule has 0 aliphatic heterocycles. The summed E-state index contributed by atoms with van der Waals surface area (Å²) in [7, 11) is 0. The zero-order valence-corrected chi connectivity index (χ0v) is 13.3. The second-order valence-corrected chi connectivity index (χ2v) is 5.72. The van der Waals surface area contributed by atoms with Gasteiger partial charge < -0.3 is 9.84 Å². The third-order valence-corrected chi connectivity index (χ3v) is 3.69. The molecule has 2 aromatic carbocycles. The Morgan fingerprint density at radius 3 is 2.18 bits per heavy atom. The van der Waals surface area contributed by atoms with E-state index in [4.69, 9.17) is 4.74 Å². The van der Waals surface area contributed by atoms with Crippen molar-refractivity contribution < 1.29 is 14.6 Å². The summed E-state index contributed by atoms with van der Waals surface area (Å²) in [5, 5.41) is 9.75. The molecule has 2 aromatic rings. The van der Waals surface area contributed by atoms with Crippen LogP contribution in [0.1, 0.15) is 34.2 Å². The molecule has 22 heavy (non-hydrogen) atoms. The fraction of sp³-hybridized carbons (Fsp3) is 0.316. The Bertz CT molecular complexity index is 634. The number of hydrogen-bond donors (Lipinski definition) is 1. The van der Waals surface area contributed by atoms with Gasteiger partial charge in [-0.2, -0.15) is 0 Å². The van der Waals surface area contributed by atoms with E-state index in [1.807, 2.05) is 57.2 Å². The molecule has 0 heterocycles. The molecular formula is C19H22O3. The Kier molecular flexibility index (Phi) is 5.21. The van der Waals surface area contributed by atoms with E-state index in [-0.39, 0.29) is 5.97 Å². The van der Waals surface area contributed by atoms with Gasteiger partial charge in [0.2, 0.25) is 0 Å². The minimum atomic E-state index is -0.205. The van der Waals surface area contributed by atoms with Crippen molar-refractivity contribution in [2.75, 3.05) is 0 Å². The second kappa shape index (κ2) is 7.12. The first kappa shape index (κ1) is 16.1. The van der Waals surface area contributed by atoms with E-state index in [0.717, 1.165) is 22.3 Å². The Balaban J connectivity index is 1.84. The monoisotopic (exact) mass is 298 g/mol. The van der Waals surface area contributed by atoms with Gasteiger partial charge in [-0.25, -0.2) is 0 Å². The zero-order valence-electron chi connectivity index (χ0n) is 13.3. The molecule has 0 atom stereocenters. The van der Waals surface area contributed by atoms with E-state index in [9.17, 15) is 9.90 Å². The summed E-state index contributed by atoms with van der Waals surface area (Å²) in [6.45, 7) is 6.06. The molecule has 0 fully saturated rings.